The van der Waals surface area contributed by atoms with E-state index in [9.17, 15) is 0 Å². The van der Waals surface area contributed by atoms with Crippen LogP contribution in [0.25, 0.3) is 0 Å². The van der Waals surface area contributed by atoms with E-state index >= 15 is 0 Å². The molecule has 0 aromatic carbocycles. The molecule has 1 aromatic rings. The van der Waals surface area contributed by atoms with E-state index in [4.69, 9.17) is 0 Å². The maximum absolute atomic E-state index is 3.39. The van der Waals surface area contributed by atoms with Gasteiger partial charge in [-0.15, -0.1) is 11.3 Å². The number of hydrogen-bond donors (Lipinski definition) is 1. The highest BCUT2D eigenvalue weighted by Gasteiger charge is 2.10. The molecule has 0 fully saturated rings. The van der Waals surface area contributed by atoms with Gasteiger partial charge in [0.1, 0.15) is 0 Å². The molecule has 0 saturated heterocycles. The molecular formula is C12H21NS. The van der Waals surface area contributed by atoms with Gasteiger partial charge in [0.05, 0.1) is 0 Å². The SMILES string of the molecule is CNC(CCC(C)C)c1csc(C)c1. The summed E-state index contributed by atoms with van der Waals surface area (Å²) in [6.45, 7) is 6.74. The Hall–Kier alpha value is -0.340. The van der Waals surface area contributed by atoms with Gasteiger partial charge in [0.25, 0.3) is 0 Å². The van der Waals surface area contributed by atoms with Crippen molar-refractivity contribution in [2.24, 2.45) is 5.92 Å². The van der Waals surface area contributed by atoms with Crippen LogP contribution in [0, 0.1) is 12.8 Å². The van der Waals surface area contributed by atoms with Gasteiger partial charge in [-0.05, 0) is 49.7 Å². The van der Waals surface area contributed by atoms with Crippen LogP contribution in [0.1, 0.15) is 43.2 Å². The minimum atomic E-state index is 0.544. The average Bonchev–Trinajstić information content (AvgIpc) is 2.53. The smallest absolute Gasteiger partial charge is 0.0325 e. The first kappa shape index (κ1) is 11.7. The molecule has 80 valence electrons. The number of aryl methyl sites for hydroxylation is 1. The van der Waals surface area contributed by atoms with E-state index in [1.165, 1.54) is 23.3 Å². The van der Waals surface area contributed by atoms with Crippen LogP contribution in [0.2, 0.25) is 0 Å². The van der Waals surface area contributed by atoms with E-state index < -0.39 is 0 Å². The number of thiophene rings is 1. The Balaban J connectivity index is 2.54. The van der Waals surface area contributed by atoms with Crippen molar-refractivity contribution >= 4 is 11.3 Å². The lowest BCUT2D eigenvalue weighted by Crippen LogP contribution is -2.16. The van der Waals surface area contributed by atoms with E-state index in [0.717, 1.165) is 5.92 Å². The third kappa shape index (κ3) is 3.43. The molecule has 14 heavy (non-hydrogen) atoms. The predicted molar refractivity (Wildman–Crippen MR) is 64.9 cm³/mol. The fraction of sp³-hybridized carbons (Fsp3) is 0.667. The molecule has 1 unspecified atom stereocenters. The second kappa shape index (κ2) is 5.52. The topological polar surface area (TPSA) is 12.0 Å². The summed E-state index contributed by atoms with van der Waals surface area (Å²) < 4.78 is 0. The Bertz CT molecular complexity index is 265. The molecular weight excluding hydrogens is 190 g/mol. The quantitative estimate of drug-likeness (QED) is 0.782. The van der Waals surface area contributed by atoms with E-state index in [1.807, 2.05) is 11.3 Å². The maximum atomic E-state index is 3.39. The molecule has 0 spiro atoms. The van der Waals surface area contributed by atoms with Crippen LogP contribution in [0.3, 0.4) is 0 Å². The van der Waals surface area contributed by atoms with Gasteiger partial charge >= 0.3 is 0 Å². The van der Waals surface area contributed by atoms with E-state index in [2.05, 4.69) is 44.6 Å². The Kier molecular flexibility index (Phi) is 4.63. The normalized spacial score (nSPS) is 13.5. The molecule has 0 radical (unpaired) electrons. The zero-order valence-electron chi connectivity index (χ0n) is 9.63. The third-order valence-corrected chi connectivity index (χ3v) is 3.41. The molecule has 0 aliphatic heterocycles. The van der Waals surface area contributed by atoms with Crippen molar-refractivity contribution in [3.63, 3.8) is 0 Å². The fourth-order valence-corrected chi connectivity index (χ4v) is 2.38. The standard InChI is InChI=1S/C12H21NS/c1-9(2)5-6-12(13-4)11-7-10(3)14-8-11/h7-9,12-13H,5-6H2,1-4H3. The summed E-state index contributed by atoms with van der Waals surface area (Å²) in [6, 6.07) is 2.84. The minimum absolute atomic E-state index is 0.544. The van der Waals surface area contributed by atoms with Crippen LogP contribution < -0.4 is 5.32 Å². The largest absolute Gasteiger partial charge is 0.313 e. The molecule has 1 atom stereocenters. The molecule has 0 amide bonds. The Morgan fingerprint density at radius 1 is 1.36 bits per heavy atom. The summed E-state index contributed by atoms with van der Waals surface area (Å²) in [7, 11) is 2.05. The Labute approximate surface area is 91.5 Å². The average molecular weight is 211 g/mol. The van der Waals surface area contributed by atoms with Crippen molar-refractivity contribution in [1.29, 1.82) is 0 Å². The van der Waals surface area contributed by atoms with E-state index in [0.29, 0.717) is 6.04 Å². The molecule has 0 saturated carbocycles. The van der Waals surface area contributed by atoms with Crippen LogP contribution in [-0.2, 0) is 0 Å². The monoisotopic (exact) mass is 211 g/mol. The van der Waals surface area contributed by atoms with Crippen molar-refractivity contribution in [3.05, 3.63) is 21.9 Å². The van der Waals surface area contributed by atoms with Gasteiger partial charge in [-0.1, -0.05) is 13.8 Å². The molecule has 0 aliphatic carbocycles. The fourth-order valence-electron chi connectivity index (χ4n) is 1.62. The summed E-state index contributed by atoms with van der Waals surface area (Å²) in [5, 5.41) is 5.67. The van der Waals surface area contributed by atoms with Crippen LogP contribution in [0.5, 0.6) is 0 Å². The highest BCUT2D eigenvalue weighted by atomic mass is 32.1. The van der Waals surface area contributed by atoms with Crippen LogP contribution in [0.4, 0.5) is 0 Å². The highest BCUT2D eigenvalue weighted by molar-refractivity contribution is 7.10. The lowest BCUT2D eigenvalue weighted by molar-refractivity contribution is 0.465. The van der Waals surface area contributed by atoms with Gasteiger partial charge in [0.15, 0.2) is 0 Å². The van der Waals surface area contributed by atoms with Crippen LogP contribution >= 0.6 is 11.3 Å². The molecule has 0 aliphatic rings. The van der Waals surface area contributed by atoms with Crippen molar-refractivity contribution in [3.8, 4) is 0 Å². The molecule has 1 nitrogen and oxygen atoms in total. The first-order valence-electron chi connectivity index (χ1n) is 5.35. The van der Waals surface area contributed by atoms with Gasteiger partial charge in [0.2, 0.25) is 0 Å². The minimum Gasteiger partial charge on any atom is -0.313 e. The molecule has 1 aromatic heterocycles. The number of hydrogen-bond acceptors (Lipinski definition) is 2. The maximum Gasteiger partial charge on any atom is 0.0325 e. The van der Waals surface area contributed by atoms with Gasteiger partial charge in [-0.25, -0.2) is 0 Å². The summed E-state index contributed by atoms with van der Waals surface area (Å²) >= 11 is 1.84. The van der Waals surface area contributed by atoms with Gasteiger partial charge in [-0.2, -0.15) is 0 Å². The second-order valence-electron chi connectivity index (χ2n) is 4.30. The van der Waals surface area contributed by atoms with E-state index in [-0.39, 0.29) is 0 Å². The van der Waals surface area contributed by atoms with Gasteiger partial charge in [-0.3, -0.25) is 0 Å². The van der Waals surface area contributed by atoms with Gasteiger partial charge in [0, 0.05) is 10.9 Å². The molecule has 1 N–H and O–H groups in total. The zero-order valence-corrected chi connectivity index (χ0v) is 10.4. The summed E-state index contributed by atoms with van der Waals surface area (Å²) in [5.41, 5.74) is 1.45. The van der Waals surface area contributed by atoms with Crippen LogP contribution in [0.15, 0.2) is 11.4 Å². The Morgan fingerprint density at radius 3 is 2.50 bits per heavy atom. The first-order chi connectivity index (χ1) is 6.63. The first-order valence-corrected chi connectivity index (χ1v) is 6.23. The number of nitrogens with one attached hydrogen (secondary N) is 1. The number of rotatable bonds is 5. The lowest BCUT2D eigenvalue weighted by atomic mass is 9.99. The van der Waals surface area contributed by atoms with Crippen molar-refractivity contribution in [2.75, 3.05) is 7.05 Å². The van der Waals surface area contributed by atoms with Crippen molar-refractivity contribution in [1.82, 2.24) is 5.32 Å². The predicted octanol–water partition coefficient (Wildman–Crippen LogP) is 3.75. The zero-order chi connectivity index (χ0) is 10.6. The van der Waals surface area contributed by atoms with Crippen LogP contribution in [-0.4, -0.2) is 7.05 Å². The summed E-state index contributed by atoms with van der Waals surface area (Å²) in [6.07, 6.45) is 2.53. The van der Waals surface area contributed by atoms with Crippen molar-refractivity contribution < 1.29 is 0 Å². The highest BCUT2D eigenvalue weighted by Crippen LogP contribution is 2.24. The summed E-state index contributed by atoms with van der Waals surface area (Å²) in [5.74, 6) is 0.797. The Morgan fingerprint density at radius 2 is 2.07 bits per heavy atom. The van der Waals surface area contributed by atoms with E-state index in [1.54, 1.807) is 0 Å². The molecule has 2 heteroatoms. The lowest BCUT2D eigenvalue weighted by Gasteiger charge is -2.15. The van der Waals surface area contributed by atoms with Crippen molar-refractivity contribution in [2.45, 2.75) is 39.7 Å². The molecule has 0 bridgehead atoms. The third-order valence-electron chi connectivity index (χ3n) is 2.53. The van der Waals surface area contributed by atoms with Gasteiger partial charge < -0.3 is 5.32 Å². The summed E-state index contributed by atoms with van der Waals surface area (Å²) in [4.78, 5) is 1.41. The second-order valence-corrected chi connectivity index (χ2v) is 5.42. The molecule has 1 heterocycles. The molecule has 1 rings (SSSR count).